The lowest BCUT2D eigenvalue weighted by Crippen LogP contribution is -2.24. The van der Waals surface area contributed by atoms with Crippen LogP contribution in [0.5, 0.6) is 0 Å². The number of pyridine rings is 1. The van der Waals surface area contributed by atoms with E-state index in [1.54, 1.807) is 0 Å². The van der Waals surface area contributed by atoms with Gasteiger partial charge in [-0.25, -0.2) is 4.98 Å². The van der Waals surface area contributed by atoms with Crippen LogP contribution in [-0.4, -0.2) is 29.5 Å². The molecule has 0 aliphatic rings. The van der Waals surface area contributed by atoms with E-state index in [0.717, 1.165) is 38.4 Å². The second kappa shape index (κ2) is 8.48. The number of hydrogen-bond donors (Lipinski definition) is 1. The molecule has 0 aliphatic heterocycles. The molecule has 1 aromatic rings. The zero-order valence-corrected chi connectivity index (χ0v) is 11.3. The monoisotopic (exact) mass is 246 g/mol. The van der Waals surface area contributed by atoms with E-state index < -0.39 is 0 Å². The van der Waals surface area contributed by atoms with Crippen LogP contribution < -0.4 is 5.32 Å². The van der Waals surface area contributed by atoms with Crippen molar-refractivity contribution in [2.45, 2.75) is 33.2 Å². The number of nitrogens with zero attached hydrogens (tertiary/aromatic N) is 3. The van der Waals surface area contributed by atoms with Crippen molar-refractivity contribution in [1.82, 2.24) is 9.88 Å². The molecule has 0 spiro atoms. The van der Waals surface area contributed by atoms with Gasteiger partial charge in [0, 0.05) is 37.8 Å². The highest BCUT2D eigenvalue weighted by atomic mass is 15.1. The molecule has 0 saturated heterocycles. The van der Waals surface area contributed by atoms with Crippen LogP contribution in [0.25, 0.3) is 0 Å². The minimum atomic E-state index is 0.575. The minimum Gasteiger partial charge on any atom is -0.370 e. The third-order valence-corrected chi connectivity index (χ3v) is 2.81. The van der Waals surface area contributed by atoms with E-state index in [-0.39, 0.29) is 0 Å². The van der Waals surface area contributed by atoms with Gasteiger partial charge in [-0.2, -0.15) is 5.26 Å². The summed E-state index contributed by atoms with van der Waals surface area (Å²) in [6, 6.07) is 6.25. The van der Waals surface area contributed by atoms with Gasteiger partial charge in [-0.1, -0.05) is 19.9 Å². The fourth-order valence-corrected chi connectivity index (χ4v) is 1.77. The van der Waals surface area contributed by atoms with Gasteiger partial charge in [-0.15, -0.1) is 0 Å². The fraction of sp³-hybridized carbons (Fsp3) is 0.571. The molecule has 0 amide bonds. The number of rotatable bonds is 8. The summed E-state index contributed by atoms with van der Waals surface area (Å²) in [5, 5.41) is 12.0. The molecule has 4 nitrogen and oxygen atoms in total. The molecular formula is C14H22N4. The van der Waals surface area contributed by atoms with E-state index in [4.69, 9.17) is 5.26 Å². The van der Waals surface area contributed by atoms with Gasteiger partial charge in [0.1, 0.15) is 5.82 Å². The minimum absolute atomic E-state index is 0.575. The molecular weight excluding hydrogens is 224 g/mol. The molecule has 98 valence electrons. The second-order valence-electron chi connectivity index (χ2n) is 4.21. The van der Waals surface area contributed by atoms with Crippen LogP contribution >= 0.6 is 0 Å². The summed E-state index contributed by atoms with van der Waals surface area (Å²) >= 11 is 0. The molecule has 0 bridgehead atoms. The van der Waals surface area contributed by atoms with E-state index in [0.29, 0.717) is 6.42 Å². The lowest BCUT2D eigenvalue weighted by molar-refractivity contribution is 0.287. The molecule has 4 heteroatoms. The number of aromatic nitrogens is 1. The summed E-state index contributed by atoms with van der Waals surface area (Å²) in [5.74, 6) is 0.967. The van der Waals surface area contributed by atoms with E-state index >= 15 is 0 Å². The summed E-state index contributed by atoms with van der Waals surface area (Å²) < 4.78 is 0. The third-order valence-electron chi connectivity index (χ3n) is 2.81. The topological polar surface area (TPSA) is 52.0 Å². The molecule has 0 radical (unpaired) electrons. The molecule has 1 N–H and O–H groups in total. The number of nitrogens with one attached hydrogen (secondary N) is 1. The highest BCUT2D eigenvalue weighted by Gasteiger charge is 2.07. The van der Waals surface area contributed by atoms with Crippen LogP contribution in [-0.2, 0) is 6.54 Å². The Hall–Kier alpha value is -1.60. The summed E-state index contributed by atoms with van der Waals surface area (Å²) in [7, 11) is 0. The summed E-state index contributed by atoms with van der Waals surface area (Å²) in [4.78, 5) is 6.64. The Morgan fingerprint density at radius 1 is 1.44 bits per heavy atom. The highest BCUT2D eigenvalue weighted by Crippen LogP contribution is 2.14. The largest absolute Gasteiger partial charge is 0.370 e. The van der Waals surface area contributed by atoms with Crippen molar-refractivity contribution in [2.24, 2.45) is 0 Å². The molecule has 0 atom stereocenters. The molecule has 0 aliphatic carbocycles. The van der Waals surface area contributed by atoms with E-state index in [1.165, 1.54) is 5.56 Å². The molecule has 1 aromatic heterocycles. The smallest absolute Gasteiger partial charge is 0.130 e. The average Bonchev–Trinajstić information content (AvgIpc) is 2.42. The van der Waals surface area contributed by atoms with Crippen LogP contribution in [0.1, 0.15) is 32.3 Å². The summed E-state index contributed by atoms with van der Waals surface area (Å²) in [5.41, 5.74) is 1.20. The Bertz CT molecular complexity index is 384. The van der Waals surface area contributed by atoms with Gasteiger partial charge in [0.15, 0.2) is 0 Å². The van der Waals surface area contributed by atoms with Gasteiger partial charge in [0.25, 0.3) is 0 Å². The Morgan fingerprint density at radius 2 is 2.28 bits per heavy atom. The first-order valence-electron chi connectivity index (χ1n) is 6.58. The Balaban J connectivity index is 2.66. The van der Waals surface area contributed by atoms with Crippen LogP contribution in [0.2, 0.25) is 0 Å². The zero-order chi connectivity index (χ0) is 13.2. The first kappa shape index (κ1) is 14.5. The van der Waals surface area contributed by atoms with Crippen molar-refractivity contribution in [3.8, 4) is 6.07 Å². The van der Waals surface area contributed by atoms with Crippen molar-refractivity contribution in [2.75, 3.05) is 25.0 Å². The zero-order valence-electron chi connectivity index (χ0n) is 11.3. The van der Waals surface area contributed by atoms with E-state index in [9.17, 15) is 0 Å². The van der Waals surface area contributed by atoms with E-state index in [1.807, 2.05) is 12.3 Å². The van der Waals surface area contributed by atoms with Crippen LogP contribution in [0.3, 0.4) is 0 Å². The Labute approximate surface area is 110 Å². The van der Waals surface area contributed by atoms with Gasteiger partial charge in [0.2, 0.25) is 0 Å². The predicted octanol–water partition coefficient (Wildman–Crippen LogP) is 2.64. The second-order valence-corrected chi connectivity index (χ2v) is 4.21. The van der Waals surface area contributed by atoms with Gasteiger partial charge in [0.05, 0.1) is 6.07 Å². The number of hydrogen-bond acceptors (Lipinski definition) is 4. The number of anilines is 1. The van der Waals surface area contributed by atoms with E-state index in [2.05, 4.69) is 41.2 Å². The van der Waals surface area contributed by atoms with Crippen LogP contribution in [0, 0.1) is 11.3 Å². The van der Waals surface area contributed by atoms with Gasteiger partial charge >= 0.3 is 0 Å². The van der Waals surface area contributed by atoms with Crippen LogP contribution in [0.4, 0.5) is 5.82 Å². The Morgan fingerprint density at radius 3 is 2.94 bits per heavy atom. The highest BCUT2D eigenvalue weighted by molar-refractivity contribution is 5.43. The quantitative estimate of drug-likeness (QED) is 0.766. The first-order chi connectivity index (χ1) is 8.81. The lowest BCUT2D eigenvalue weighted by Gasteiger charge is -2.20. The first-order valence-corrected chi connectivity index (χ1v) is 6.58. The van der Waals surface area contributed by atoms with Crippen molar-refractivity contribution in [3.05, 3.63) is 23.9 Å². The number of nitriles is 1. The molecule has 0 aromatic carbocycles. The lowest BCUT2D eigenvalue weighted by atomic mass is 10.2. The molecule has 0 fully saturated rings. The SMILES string of the molecule is CCCNc1ncccc1CN(CC)CCC#N. The van der Waals surface area contributed by atoms with Crippen molar-refractivity contribution >= 4 is 5.82 Å². The average molecular weight is 246 g/mol. The summed E-state index contributed by atoms with van der Waals surface area (Å²) in [6.45, 7) is 7.80. The van der Waals surface area contributed by atoms with Crippen molar-refractivity contribution in [1.29, 1.82) is 5.26 Å². The van der Waals surface area contributed by atoms with Gasteiger partial charge in [-0.05, 0) is 19.0 Å². The van der Waals surface area contributed by atoms with Crippen molar-refractivity contribution < 1.29 is 0 Å². The standard InChI is InChI=1S/C14H22N4/c1-3-9-16-14-13(7-5-10-17-14)12-18(4-2)11-6-8-15/h5,7,10H,3-4,6,9,11-12H2,1-2H3,(H,16,17). The maximum absolute atomic E-state index is 8.65. The molecule has 1 rings (SSSR count). The maximum Gasteiger partial charge on any atom is 0.130 e. The molecule has 18 heavy (non-hydrogen) atoms. The molecule has 0 saturated carbocycles. The molecule has 1 heterocycles. The maximum atomic E-state index is 8.65. The predicted molar refractivity (Wildman–Crippen MR) is 74.2 cm³/mol. The van der Waals surface area contributed by atoms with Crippen LogP contribution in [0.15, 0.2) is 18.3 Å². The van der Waals surface area contributed by atoms with Gasteiger partial charge < -0.3 is 5.32 Å². The molecule has 0 unspecified atom stereocenters. The Kier molecular flexibility index (Phi) is 6.82. The summed E-state index contributed by atoms with van der Waals surface area (Å²) in [6.07, 6.45) is 3.47. The fourth-order valence-electron chi connectivity index (χ4n) is 1.77. The van der Waals surface area contributed by atoms with Gasteiger partial charge in [-0.3, -0.25) is 4.90 Å². The normalized spacial score (nSPS) is 10.3. The van der Waals surface area contributed by atoms with Crippen molar-refractivity contribution in [3.63, 3.8) is 0 Å². The third kappa shape index (κ3) is 4.72.